The largest absolute Gasteiger partial charge is 0.493 e. The minimum atomic E-state index is -1.11. The Balaban J connectivity index is 1.82. The molecule has 6 heteroatoms. The normalized spacial score (nSPS) is 21.7. The van der Waals surface area contributed by atoms with Crippen LogP contribution in [-0.2, 0) is 5.72 Å². The molecular formula is C22H27N2O3S+. The zero-order valence-corrected chi connectivity index (χ0v) is 17.7. The number of anilines is 1. The molecule has 0 saturated carbocycles. The van der Waals surface area contributed by atoms with Gasteiger partial charge in [0.05, 0.1) is 20.8 Å². The molecule has 2 aromatic carbocycles. The minimum Gasteiger partial charge on any atom is -0.493 e. The van der Waals surface area contributed by atoms with Gasteiger partial charge < -0.3 is 14.6 Å². The average Bonchev–Trinajstić information content (AvgIpc) is 3.03. The van der Waals surface area contributed by atoms with E-state index >= 15 is 0 Å². The van der Waals surface area contributed by atoms with Gasteiger partial charge in [0.25, 0.3) is 5.72 Å². The third-order valence-electron chi connectivity index (χ3n) is 5.76. The first kappa shape index (κ1) is 19.2. The Morgan fingerprint density at radius 2 is 1.89 bits per heavy atom. The number of ether oxygens (including phenoxy) is 2. The van der Waals surface area contributed by atoms with Crippen molar-refractivity contribution in [1.29, 1.82) is 0 Å². The fourth-order valence-electron chi connectivity index (χ4n) is 4.05. The van der Waals surface area contributed by atoms with Crippen LogP contribution >= 0.6 is 11.8 Å². The van der Waals surface area contributed by atoms with Crippen LogP contribution < -0.4 is 14.4 Å². The predicted octanol–water partition coefficient (Wildman–Crippen LogP) is 3.49. The van der Waals surface area contributed by atoms with E-state index in [9.17, 15) is 5.11 Å². The van der Waals surface area contributed by atoms with Gasteiger partial charge in [-0.3, -0.25) is 0 Å². The lowest BCUT2D eigenvalue weighted by atomic mass is 10.0. The number of aliphatic hydroxyl groups is 1. The minimum absolute atomic E-state index is 0.481. The second-order valence-electron chi connectivity index (χ2n) is 7.33. The van der Waals surface area contributed by atoms with E-state index in [1.807, 2.05) is 30.0 Å². The summed E-state index contributed by atoms with van der Waals surface area (Å²) in [6.45, 7) is 5.59. The summed E-state index contributed by atoms with van der Waals surface area (Å²) >= 11 is 1.82. The molecule has 0 saturated heterocycles. The first-order chi connectivity index (χ1) is 13.5. The summed E-state index contributed by atoms with van der Waals surface area (Å²) < 4.78 is 13.0. The molecule has 0 fully saturated rings. The van der Waals surface area contributed by atoms with Gasteiger partial charge in [-0.1, -0.05) is 12.1 Å². The van der Waals surface area contributed by atoms with Crippen LogP contribution in [0.5, 0.6) is 11.5 Å². The summed E-state index contributed by atoms with van der Waals surface area (Å²) in [5.74, 6) is 2.36. The van der Waals surface area contributed by atoms with E-state index < -0.39 is 5.72 Å². The lowest BCUT2D eigenvalue weighted by Gasteiger charge is -2.25. The van der Waals surface area contributed by atoms with Gasteiger partial charge in [0.1, 0.15) is 5.69 Å². The molecule has 2 heterocycles. The number of rotatable bonds is 4. The van der Waals surface area contributed by atoms with Gasteiger partial charge >= 0.3 is 5.17 Å². The zero-order valence-electron chi connectivity index (χ0n) is 16.9. The van der Waals surface area contributed by atoms with E-state index in [1.165, 1.54) is 11.1 Å². The Kier molecular flexibility index (Phi) is 5.02. The summed E-state index contributed by atoms with van der Waals surface area (Å²) in [4.78, 5) is 2.27. The van der Waals surface area contributed by atoms with Gasteiger partial charge in [-0.2, -0.15) is 0 Å². The number of benzene rings is 2. The van der Waals surface area contributed by atoms with E-state index in [2.05, 4.69) is 41.5 Å². The number of amidine groups is 1. The first-order valence-corrected chi connectivity index (χ1v) is 10.5. The fourth-order valence-corrected chi connectivity index (χ4v) is 5.22. The Morgan fingerprint density at radius 3 is 2.64 bits per heavy atom. The quantitative estimate of drug-likeness (QED) is 0.798. The van der Waals surface area contributed by atoms with Crippen molar-refractivity contribution in [2.75, 3.05) is 38.0 Å². The van der Waals surface area contributed by atoms with Gasteiger partial charge in [0.2, 0.25) is 0 Å². The van der Waals surface area contributed by atoms with E-state index in [1.54, 1.807) is 14.2 Å². The van der Waals surface area contributed by atoms with Crippen molar-refractivity contribution in [3.63, 3.8) is 0 Å². The second-order valence-corrected chi connectivity index (χ2v) is 8.39. The molecule has 0 radical (unpaired) electrons. The standard InChI is InChI=1S/C22H27N2O3S/c1-15-7-5-8-18(16(15)2)23-14-22(25,24-11-6-12-28-21(23)24)17-9-10-19(26-3)20(13-17)27-4/h5,7-10,13,25H,6,11-12,14H2,1-4H3/q+1/t22-/m1/s1. The number of nitrogens with zero attached hydrogens (tertiary/aromatic N) is 2. The van der Waals surface area contributed by atoms with Crippen LogP contribution in [-0.4, -0.2) is 47.9 Å². The fraction of sp³-hybridized carbons (Fsp3) is 0.409. The molecule has 28 heavy (non-hydrogen) atoms. The zero-order chi connectivity index (χ0) is 19.9. The number of aryl methyl sites for hydroxylation is 1. The van der Waals surface area contributed by atoms with Crippen molar-refractivity contribution in [1.82, 2.24) is 0 Å². The molecule has 0 bridgehead atoms. The van der Waals surface area contributed by atoms with Crippen LogP contribution in [0.1, 0.15) is 23.1 Å². The summed E-state index contributed by atoms with van der Waals surface area (Å²) in [7, 11) is 3.24. The summed E-state index contributed by atoms with van der Waals surface area (Å²) in [5, 5.41) is 13.0. The third kappa shape index (κ3) is 2.95. The van der Waals surface area contributed by atoms with Crippen LogP contribution in [0.15, 0.2) is 36.4 Å². The van der Waals surface area contributed by atoms with E-state index in [4.69, 9.17) is 9.47 Å². The molecule has 0 spiro atoms. The van der Waals surface area contributed by atoms with Crippen molar-refractivity contribution in [2.45, 2.75) is 26.0 Å². The Bertz CT molecular complexity index is 943. The molecule has 1 atom stereocenters. The van der Waals surface area contributed by atoms with Crippen LogP contribution in [0.4, 0.5) is 5.69 Å². The highest BCUT2D eigenvalue weighted by Crippen LogP contribution is 2.41. The van der Waals surface area contributed by atoms with Crippen LogP contribution in [0, 0.1) is 13.8 Å². The Labute approximate surface area is 170 Å². The number of thioether (sulfide) groups is 1. The maximum Gasteiger partial charge on any atom is 0.316 e. The monoisotopic (exact) mass is 399 g/mol. The topological polar surface area (TPSA) is 44.9 Å². The molecular weight excluding hydrogens is 372 g/mol. The molecule has 0 aliphatic carbocycles. The lowest BCUT2D eigenvalue weighted by molar-refractivity contribution is -0.656. The van der Waals surface area contributed by atoms with Crippen molar-refractivity contribution >= 4 is 22.6 Å². The first-order valence-electron chi connectivity index (χ1n) is 9.55. The average molecular weight is 400 g/mol. The second kappa shape index (κ2) is 7.33. The lowest BCUT2D eigenvalue weighted by Crippen LogP contribution is -2.41. The van der Waals surface area contributed by atoms with Crippen molar-refractivity contribution in [3.05, 3.63) is 53.1 Å². The molecule has 1 N–H and O–H groups in total. The van der Waals surface area contributed by atoms with Gasteiger partial charge in [-0.25, -0.2) is 9.48 Å². The van der Waals surface area contributed by atoms with Gasteiger partial charge in [-0.05, 0) is 67.4 Å². The van der Waals surface area contributed by atoms with E-state index in [-0.39, 0.29) is 0 Å². The SMILES string of the molecule is COc1ccc([C@]2(O)CN(c3cccc(C)c3C)C3=[N+]2CCCS3)cc1OC. The molecule has 4 rings (SSSR count). The third-order valence-corrected chi connectivity index (χ3v) is 6.95. The van der Waals surface area contributed by atoms with Gasteiger partial charge in [-0.15, -0.1) is 0 Å². The molecule has 2 aliphatic heterocycles. The predicted molar refractivity (Wildman–Crippen MR) is 114 cm³/mol. The van der Waals surface area contributed by atoms with Gasteiger partial charge in [0, 0.05) is 11.3 Å². The summed E-state index contributed by atoms with van der Waals surface area (Å²) in [6, 6.07) is 12.1. The highest BCUT2D eigenvalue weighted by molar-refractivity contribution is 8.13. The highest BCUT2D eigenvalue weighted by atomic mass is 32.2. The molecule has 2 aromatic rings. The van der Waals surface area contributed by atoms with Crippen molar-refractivity contribution in [3.8, 4) is 11.5 Å². The Morgan fingerprint density at radius 1 is 1.11 bits per heavy atom. The van der Waals surface area contributed by atoms with Gasteiger partial charge in [0.15, 0.2) is 18.0 Å². The Hall–Kier alpha value is -2.18. The van der Waals surface area contributed by atoms with Crippen molar-refractivity contribution < 1.29 is 19.2 Å². The van der Waals surface area contributed by atoms with Crippen LogP contribution in [0.3, 0.4) is 0 Å². The highest BCUT2D eigenvalue weighted by Gasteiger charge is 2.53. The number of β-amino-alcohol motifs (C(OH)–C–C–N with tert-alkyl or cyclic N) is 1. The maximum atomic E-state index is 11.9. The molecule has 2 aliphatic rings. The van der Waals surface area contributed by atoms with E-state index in [0.717, 1.165) is 35.1 Å². The van der Waals surface area contributed by atoms with Crippen LogP contribution in [0.2, 0.25) is 0 Å². The molecule has 148 valence electrons. The van der Waals surface area contributed by atoms with E-state index in [0.29, 0.717) is 18.0 Å². The molecule has 0 amide bonds. The number of hydrogen-bond donors (Lipinski definition) is 1. The maximum absolute atomic E-state index is 11.9. The summed E-state index contributed by atoms with van der Waals surface area (Å²) in [6.07, 6.45) is 1.05. The smallest absolute Gasteiger partial charge is 0.316 e. The number of hydrogen-bond acceptors (Lipinski definition) is 5. The molecule has 0 unspecified atom stereocenters. The molecule has 5 nitrogen and oxygen atoms in total. The molecule has 0 aromatic heterocycles. The van der Waals surface area contributed by atoms with Crippen LogP contribution in [0.25, 0.3) is 0 Å². The number of methoxy groups -OCH3 is 2. The summed E-state index contributed by atoms with van der Waals surface area (Å²) in [5.41, 5.74) is 3.37. The van der Waals surface area contributed by atoms with Crippen molar-refractivity contribution in [2.24, 2.45) is 0 Å².